The summed E-state index contributed by atoms with van der Waals surface area (Å²) in [6, 6.07) is 30.0. The molecule has 2 aliphatic rings. The number of anilines is 2. The lowest BCUT2D eigenvalue weighted by Gasteiger charge is -2.26. The number of amides is 2. The number of carboxylic acid groups (broad SMARTS) is 2. The van der Waals surface area contributed by atoms with Crippen LogP contribution in [-0.4, -0.2) is 69.9 Å². The van der Waals surface area contributed by atoms with Crippen molar-refractivity contribution in [2.45, 2.75) is 70.5 Å². The number of nitrogens with one attached hydrogen (secondary N) is 2. The Hall–Kier alpha value is -5.62. The summed E-state index contributed by atoms with van der Waals surface area (Å²) in [5.41, 5.74) is 7.53. The van der Waals surface area contributed by atoms with Crippen LogP contribution in [0.15, 0.2) is 97.1 Å². The number of likely N-dealkylation sites (N-methyl/N-ethyl adjacent to an activating group) is 1. The first-order chi connectivity index (χ1) is 27.6. The zero-order valence-corrected chi connectivity index (χ0v) is 32.9. The summed E-state index contributed by atoms with van der Waals surface area (Å²) >= 11 is 1.50. The smallest absolute Gasteiger partial charge is 0.335 e. The van der Waals surface area contributed by atoms with E-state index in [0.29, 0.717) is 46.5 Å². The van der Waals surface area contributed by atoms with Gasteiger partial charge in [-0.2, -0.15) is 0 Å². The molecule has 1 saturated carbocycles. The number of thiophene rings is 1. The molecule has 4 aromatic carbocycles. The topological polar surface area (TPSA) is 139 Å². The van der Waals surface area contributed by atoms with Gasteiger partial charge in [0.05, 0.1) is 16.7 Å². The number of carbonyl (C=O) groups is 4. The molecule has 0 saturated heterocycles. The van der Waals surface area contributed by atoms with Crippen LogP contribution in [0.2, 0.25) is 0 Å². The highest BCUT2D eigenvalue weighted by Crippen LogP contribution is 2.39. The zero-order valence-electron chi connectivity index (χ0n) is 32.1. The van der Waals surface area contributed by atoms with Gasteiger partial charge in [-0.25, -0.2) is 9.59 Å². The van der Waals surface area contributed by atoms with Crippen LogP contribution < -0.4 is 10.6 Å². The highest BCUT2D eigenvalue weighted by Gasteiger charge is 2.30. The van der Waals surface area contributed by atoms with Crippen LogP contribution >= 0.6 is 11.3 Å². The molecule has 10 nitrogen and oxygen atoms in total. The second kappa shape index (κ2) is 18.1. The van der Waals surface area contributed by atoms with E-state index >= 15 is 0 Å². The zero-order chi connectivity index (χ0) is 39.9. The molecule has 2 aliphatic carbocycles. The minimum atomic E-state index is -0.938. The standard InChI is InChI=1S/C46H48N4O6S/c1-49(28-32-6-5-9-36(27-32)46(55)56)24-25-50(38-22-23-38)29-33-7-4-8-35(26-33)42(51)48-44-41(39-10-2-3-11-40(39)57-44)43(52)47-37-20-16-31(17-21-37)13-12-30-14-18-34(19-15-30)45(53)54/h4-9,14-21,26-27,38H,2-3,10-13,22-25,28-29H2,1H3,(H,47,52)(H,48,51)(H,53,54)(H,55,56). The summed E-state index contributed by atoms with van der Waals surface area (Å²) in [5, 5.41) is 25.3. The van der Waals surface area contributed by atoms with Crippen molar-refractivity contribution in [2.75, 3.05) is 30.8 Å². The maximum Gasteiger partial charge on any atom is 0.335 e. The second-order valence-corrected chi connectivity index (χ2v) is 16.3. The quantitative estimate of drug-likeness (QED) is 0.0738. The molecule has 4 N–H and O–H groups in total. The molecule has 11 heteroatoms. The van der Waals surface area contributed by atoms with E-state index < -0.39 is 11.9 Å². The fraction of sp³-hybridized carbons (Fsp3) is 0.304. The first-order valence-corrected chi connectivity index (χ1v) is 20.4. The van der Waals surface area contributed by atoms with Crippen molar-refractivity contribution in [1.82, 2.24) is 9.80 Å². The minimum absolute atomic E-state index is 0.232. The Kier molecular flexibility index (Phi) is 12.6. The SMILES string of the molecule is CN(CCN(Cc1cccc(C(=O)Nc2sc3c(c2C(=O)Nc2ccc(CCc4ccc(C(=O)O)cc4)cc2)CCCC3)c1)C1CC1)Cc1cccc(C(=O)O)c1. The van der Waals surface area contributed by atoms with Gasteiger partial charge in [-0.3, -0.25) is 14.5 Å². The molecule has 0 unspecified atom stereocenters. The molecule has 2 amide bonds. The molecule has 0 radical (unpaired) electrons. The van der Waals surface area contributed by atoms with Crippen molar-refractivity contribution >= 4 is 45.8 Å². The number of carboxylic acids is 2. The van der Waals surface area contributed by atoms with Crippen molar-refractivity contribution in [2.24, 2.45) is 0 Å². The maximum atomic E-state index is 13.9. The highest BCUT2D eigenvalue weighted by molar-refractivity contribution is 7.17. The maximum absolute atomic E-state index is 13.9. The van der Waals surface area contributed by atoms with E-state index in [4.69, 9.17) is 5.11 Å². The first kappa shape index (κ1) is 39.6. The average molecular weight is 785 g/mol. The Bertz CT molecular complexity index is 2250. The van der Waals surface area contributed by atoms with E-state index in [0.717, 1.165) is 97.2 Å². The van der Waals surface area contributed by atoms with E-state index in [1.807, 2.05) is 67.7 Å². The number of aryl methyl sites for hydroxylation is 3. The van der Waals surface area contributed by atoms with E-state index in [2.05, 4.69) is 26.5 Å². The summed E-state index contributed by atoms with van der Waals surface area (Å²) in [6.45, 7) is 3.04. The average Bonchev–Trinajstić information content (AvgIpc) is 4.00. The normalized spacial score (nSPS) is 13.7. The van der Waals surface area contributed by atoms with Gasteiger partial charge in [-0.05, 0) is 135 Å². The molecule has 1 fully saturated rings. The van der Waals surface area contributed by atoms with Crippen LogP contribution in [0, 0.1) is 0 Å². The Morgan fingerprint density at radius 1 is 0.667 bits per heavy atom. The van der Waals surface area contributed by atoms with Crippen LogP contribution in [0.25, 0.3) is 0 Å². The van der Waals surface area contributed by atoms with Gasteiger partial charge in [0.2, 0.25) is 0 Å². The van der Waals surface area contributed by atoms with Gasteiger partial charge in [0.1, 0.15) is 5.00 Å². The second-order valence-electron chi connectivity index (χ2n) is 15.2. The third kappa shape index (κ3) is 10.4. The van der Waals surface area contributed by atoms with E-state index in [9.17, 15) is 24.3 Å². The molecular weight excluding hydrogens is 737 g/mol. The van der Waals surface area contributed by atoms with Gasteiger partial charge >= 0.3 is 11.9 Å². The van der Waals surface area contributed by atoms with Gasteiger partial charge in [0, 0.05) is 48.3 Å². The molecule has 0 atom stereocenters. The molecule has 294 valence electrons. The van der Waals surface area contributed by atoms with Crippen LogP contribution in [0.1, 0.15) is 99.8 Å². The predicted octanol–water partition coefficient (Wildman–Crippen LogP) is 8.41. The number of benzene rings is 4. The number of hydrogen-bond donors (Lipinski definition) is 4. The molecule has 1 heterocycles. The lowest BCUT2D eigenvalue weighted by molar-refractivity contribution is 0.0686. The van der Waals surface area contributed by atoms with E-state index in [1.54, 1.807) is 30.3 Å². The Morgan fingerprint density at radius 2 is 1.28 bits per heavy atom. The summed E-state index contributed by atoms with van der Waals surface area (Å²) < 4.78 is 0. The summed E-state index contributed by atoms with van der Waals surface area (Å²) in [6.07, 6.45) is 7.58. The monoisotopic (exact) mass is 784 g/mol. The summed E-state index contributed by atoms with van der Waals surface area (Å²) in [7, 11) is 2.05. The minimum Gasteiger partial charge on any atom is -0.478 e. The van der Waals surface area contributed by atoms with Gasteiger partial charge in [-0.1, -0.05) is 48.5 Å². The number of nitrogens with zero attached hydrogens (tertiary/aromatic N) is 2. The Morgan fingerprint density at radius 3 is 1.95 bits per heavy atom. The number of aromatic carboxylic acids is 2. The largest absolute Gasteiger partial charge is 0.478 e. The lowest BCUT2D eigenvalue weighted by atomic mass is 9.95. The summed E-state index contributed by atoms with van der Waals surface area (Å²) in [5.74, 6) is -2.34. The van der Waals surface area contributed by atoms with Crippen molar-refractivity contribution < 1.29 is 29.4 Å². The van der Waals surface area contributed by atoms with Crippen LogP contribution in [0.5, 0.6) is 0 Å². The molecule has 5 aromatic rings. The van der Waals surface area contributed by atoms with Crippen molar-refractivity contribution in [3.63, 3.8) is 0 Å². The fourth-order valence-electron chi connectivity index (χ4n) is 7.49. The Balaban J connectivity index is 0.975. The number of hydrogen-bond acceptors (Lipinski definition) is 7. The fourth-order valence-corrected chi connectivity index (χ4v) is 8.77. The molecular formula is C46H48N4O6S. The number of fused-ring (bicyclic) bond motifs is 1. The lowest BCUT2D eigenvalue weighted by Crippen LogP contribution is -2.34. The van der Waals surface area contributed by atoms with Gasteiger partial charge in [0.25, 0.3) is 11.8 Å². The van der Waals surface area contributed by atoms with Crippen molar-refractivity contribution in [3.05, 3.63) is 152 Å². The molecule has 0 bridgehead atoms. The predicted molar refractivity (Wildman–Crippen MR) is 224 cm³/mol. The van der Waals surface area contributed by atoms with Gasteiger partial charge in [-0.15, -0.1) is 11.3 Å². The third-order valence-corrected chi connectivity index (χ3v) is 12.0. The van der Waals surface area contributed by atoms with Crippen molar-refractivity contribution in [3.8, 4) is 0 Å². The molecule has 0 aliphatic heterocycles. The third-order valence-electron chi connectivity index (χ3n) is 10.8. The van der Waals surface area contributed by atoms with E-state index in [1.165, 1.54) is 11.3 Å². The van der Waals surface area contributed by atoms with Gasteiger partial charge in [0.15, 0.2) is 0 Å². The molecule has 0 spiro atoms. The van der Waals surface area contributed by atoms with Crippen LogP contribution in [0.3, 0.4) is 0 Å². The number of carbonyl (C=O) groups excluding carboxylic acids is 2. The number of rotatable bonds is 17. The van der Waals surface area contributed by atoms with Crippen molar-refractivity contribution in [1.29, 1.82) is 0 Å². The molecule has 7 rings (SSSR count). The molecule has 57 heavy (non-hydrogen) atoms. The molecule has 1 aromatic heterocycles. The Labute approximate surface area is 337 Å². The highest BCUT2D eigenvalue weighted by atomic mass is 32.1. The first-order valence-electron chi connectivity index (χ1n) is 19.6. The summed E-state index contributed by atoms with van der Waals surface area (Å²) in [4.78, 5) is 56.1. The van der Waals surface area contributed by atoms with E-state index in [-0.39, 0.29) is 17.4 Å². The van der Waals surface area contributed by atoms with Crippen LogP contribution in [-0.2, 0) is 38.8 Å². The van der Waals surface area contributed by atoms with Crippen LogP contribution in [0.4, 0.5) is 10.7 Å². The van der Waals surface area contributed by atoms with Gasteiger partial charge < -0.3 is 25.7 Å².